The minimum Gasteiger partial charge on any atom is -0.496 e. The first-order valence-electron chi connectivity index (χ1n) is 6.65. The van der Waals surface area contributed by atoms with Gasteiger partial charge in [-0.1, -0.05) is 11.6 Å². The van der Waals surface area contributed by atoms with Crippen LogP contribution in [0.1, 0.15) is 28.8 Å². The fraction of sp³-hybridized carbons (Fsp3) is 0.533. The van der Waals surface area contributed by atoms with E-state index in [4.69, 9.17) is 16.3 Å². The Bertz CT molecular complexity index is 461. The predicted octanol–water partition coefficient (Wildman–Crippen LogP) is 3.09. The van der Waals surface area contributed by atoms with E-state index >= 15 is 0 Å². The van der Waals surface area contributed by atoms with Crippen LogP contribution in [0.25, 0.3) is 0 Å². The van der Waals surface area contributed by atoms with E-state index in [2.05, 4.69) is 0 Å². The van der Waals surface area contributed by atoms with Crippen LogP contribution in [0.5, 0.6) is 5.75 Å². The van der Waals surface area contributed by atoms with Gasteiger partial charge in [0.1, 0.15) is 5.75 Å². The van der Waals surface area contributed by atoms with Crippen molar-refractivity contribution in [2.75, 3.05) is 26.1 Å². The topological polar surface area (TPSA) is 29.5 Å². The number of hydrogen-bond acceptors (Lipinski definition) is 2. The number of carbonyl (C=O) groups excluding carboxylic acids is 1. The summed E-state index contributed by atoms with van der Waals surface area (Å²) < 4.78 is 5.29. The zero-order chi connectivity index (χ0) is 13.8. The Morgan fingerprint density at radius 3 is 3.00 bits per heavy atom. The molecule has 0 aliphatic carbocycles. The molecule has 1 atom stereocenters. The maximum absolute atomic E-state index is 12.6. The second-order valence-corrected chi connectivity index (χ2v) is 5.43. The molecular weight excluding hydrogens is 262 g/mol. The fourth-order valence-corrected chi connectivity index (χ4v) is 2.79. The number of amides is 1. The summed E-state index contributed by atoms with van der Waals surface area (Å²) in [7, 11) is 1.60. The number of nitrogens with zero attached hydrogens (tertiary/aromatic N) is 1. The van der Waals surface area contributed by atoms with Gasteiger partial charge in [-0.05, 0) is 37.8 Å². The summed E-state index contributed by atoms with van der Waals surface area (Å²) in [5.74, 6) is 1.73. The van der Waals surface area contributed by atoms with E-state index in [0.29, 0.717) is 23.1 Å². The number of rotatable bonds is 3. The van der Waals surface area contributed by atoms with Crippen LogP contribution in [0.2, 0.25) is 0 Å². The molecule has 1 aliphatic rings. The van der Waals surface area contributed by atoms with Gasteiger partial charge in [-0.2, -0.15) is 0 Å². The normalized spacial score (nSPS) is 19.3. The quantitative estimate of drug-likeness (QED) is 0.797. The number of piperidine rings is 1. The van der Waals surface area contributed by atoms with Gasteiger partial charge in [-0.3, -0.25) is 4.79 Å². The molecule has 104 valence electrons. The number of hydrogen-bond donors (Lipinski definition) is 0. The van der Waals surface area contributed by atoms with E-state index in [9.17, 15) is 4.79 Å². The average molecular weight is 282 g/mol. The summed E-state index contributed by atoms with van der Waals surface area (Å²) >= 11 is 5.92. The Kier molecular flexibility index (Phi) is 4.70. The summed E-state index contributed by atoms with van der Waals surface area (Å²) in [5.41, 5.74) is 1.72. The predicted molar refractivity (Wildman–Crippen MR) is 77.1 cm³/mol. The first-order valence-corrected chi connectivity index (χ1v) is 7.19. The summed E-state index contributed by atoms with van der Waals surface area (Å²) in [6.45, 7) is 3.54. The van der Waals surface area contributed by atoms with E-state index in [-0.39, 0.29) is 5.91 Å². The van der Waals surface area contributed by atoms with Gasteiger partial charge >= 0.3 is 0 Å². The van der Waals surface area contributed by atoms with E-state index < -0.39 is 0 Å². The first-order chi connectivity index (χ1) is 9.15. The monoisotopic (exact) mass is 281 g/mol. The molecular formula is C15H20ClNO2. The zero-order valence-corrected chi connectivity index (χ0v) is 12.2. The van der Waals surface area contributed by atoms with Crippen molar-refractivity contribution in [1.82, 2.24) is 4.90 Å². The van der Waals surface area contributed by atoms with Gasteiger partial charge in [0, 0.05) is 19.0 Å². The Hall–Kier alpha value is -1.22. The minimum absolute atomic E-state index is 0.0513. The molecule has 1 aromatic carbocycles. The van der Waals surface area contributed by atoms with E-state index in [0.717, 1.165) is 31.5 Å². The van der Waals surface area contributed by atoms with Crippen LogP contribution in [0, 0.1) is 12.8 Å². The number of alkyl halides is 1. The Balaban J connectivity index is 2.21. The van der Waals surface area contributed by atoms with Crippen molar-refractivity contribution in [3.05, 3.63) is 29.3 Å². The largest absolute Gasteiger partial charge is 0.496 e. The highest BCUT2D eigenvalue weighted by Gasteiger charge is 2.25. The van der Waals surface area contributed by atoms with E-state index in [1.54, 1.807) is 7.11 Å². The lowest BCUT2D eigenvalue weighted by Crippen LogP contribution is -2.40. The lowest BCUT2D eigenvalue weighted by molar-refractivity contribution is 0.0681. The molecule has 1 aliphatic heterocycles. The van der Waals surface area contributed by atoms with Crippen LogP contribution < -0.4 is 4.74 Å². The lowest BCUT2D eigenvalue weighted by atomic mass is 9.99. The Morgan fingerprint density at radius 2 is 2.32 bits per heavy atom. The Labute approximate surface area is 119 Å². The van der Waals surface area contributed by atoms with Crippen LogP contribution in [-0.2, 0) is 0 Å². The van der Waals surface area contributed by atoms with Gasteiger partial charge in [0.15, 0.2) is 0 Å². The molecule has 0 saturated carbocycles. The second kappa shape index (κ2) is 6.29. The summed E-state index contributed by atoms with van der Waals surface area (Å²) in [6, 6.07) is 5.70. The highest BCUT2D eigenvalue weighted by Crippen LogP contribution is 2.25. The smallest absolute Gasteiger partial charge is 0.257 e. The third-order valence-corrected chi connectivity index (χ3v) is 4.05. The van der Waals surface area contributed by atoms with Gasteiger partial charge in [0.05, 0.1) is 12.7 Å². The van der Waals surface area contributed by atoms with Crippen LogP contribution in [-0.4, -0.2) is 36.9 Å². The van der Waals surface area contributed by atoms with E-state index in [1.807, 2.05) is 30.0 Å². The van der Waals surface area contributed by atoms with Crippen molar-refractivity contribution >= 4 is 17.5 Å². The molecule has 1 aromatic rings. The molecule has 1 unspecified atom stereocenters. The molecule has 1 saturated heterocycles. The molecule has 0 spiro atoms. The third kappa shape index (κ3) is 3.21. The Morgan fingerprint density at radius 1 is 1.53 bits per heavy atom. The number of methoxy groups -OCH3 is 1. The number of ether oxygens (including phenoxy) is 1. The molecule has 19 heavy (non-hydrogen) atoms. The first kappa shape index (κ1) is 14.2. The molecule has 1 heterocycles. The van der Waals surface area contributed by atoms with Crippen LogP contribution in [0.4, 0.5) is 0 Å². The molecule has 0 aromatic heterocycles. The number of benzene rings is 1. The van der Waals surface area contributed by atoms with Gasteiger partial charge < -0.3 is 9.64 Å². The maximum atomic E-state index is 12.6. The number of likely N-dealkylation sites (tertiary alicyclic amines) is 1. The number of halogens is 1. The molecule has 1 amide bonds. The zero-order valence-electron chi connectivity index (χ0n) is 11.5. The standard InChI is InChI=1S/C15H20ClNO2/c1-11-5-6-14(19-2)13(8-11)15(18)17-7-3-4-12(9-16)10-17/h5-6,8,12H,3-4,7,9-10H2,1-2H3. The number of aryl methyl sites for hydroxylation is 1. The molecule has 4 heteroatoms. The highest BCUT2D eigenvalue weighted by molar-refractivity contribution is 6.18. The van der Waals surface area contributed by atoms with E-state index in [1.165, 1.54) is 0 Å². The van der Waals surface area contributed by atoms with Crippen molar-refractivity contribution in [1.29, 1.82) is 0 Å². The molecule has 0 N–H and O–H groups in total. The molecule has 1 fully saturated rings. The van der Waals surface area contributed by atoms with Crippen molar-refractivity contribution < 1.29 is 9.53 Å². The maximum Gasteiger partial charge on any atom is 0.257 e. The average Bonchev–Trinajstić information content (AvgIpc) is 2.46. The van der Waals surface area contributed by atoms with Crippen molar-refractivity contribution in [2.24, 2.45) is 5.92 Å². The lowest BCUT2D eigenvalue weighted by Gasteiger charge is -2.32. The van der Waals surface area contributed by atoms with Crippen LogP contribution in [0.15, 0.2) is 18.2 Å². The van der Waals surface area contributed by atoms with Gasteiger partial charge in [-0.25, -0.2) is 0 Å². The summed E-state index contributed by atoms with van der Waals surface area (Å²) in [4.78, 5) is 14.5. The van der Waals surface area contributed by atoms with Gasteiger partial charge in [-0.15, -0.1) is 11.6 Å². The summed E-state index contributed by atoms with van der Waals surface area (Å²) in [5, 5.41) is 0. The van der Waals surface area contributed by atoms with Crippen molar-refractivity contribution in [2.45, 2.75) is 19.8 Å². The van der Waals surface area contributed by atoms with Crippen LogP contribution in [0.3, 0.4) is 0 Å². The third-order valence-electron chi connectivity index (χ3n) is 3.61. The molecule has 0 bridgehead atoms. The van der Waals surface area contributed by atoms with Gasteiger partial charge in [0.2, 0.25) is 0 Å². The minimum atomic E-state index is 0.0513. The molecule has 3 nitrogen and oxygen atoms in total. The summed E-state index contributed by atoms with van der Waals surface area (Å²) in [6.07, 6.45) is 2.13. The highest BCUT2D eigenvalue weighted by atomic mass is 35.5. The fourth-order valence-electron chi connectivity index (χ4n) is 2.53. The van der Waals surface area contributed by atoms with Crippen molar-refractivity contribution in [3.8, 4) is 5.75 Å². The SMILES string of the molecule is COc1ccc(C)cc1C(=O)N1CCCC(CCl)C1. The van der Waals surface area contributed by atoms with Crippen LogP contribution >= 0.6 is 11.6 Å². The second-order valence-electron chi connectivity index (χ2n) is 5.12. The number of carbonyl (C=O) groups is 1. The molecule has 0 radical (unpaired) electrons. The van der Waals surface area contributed by atoms with Gasteiger partial charge in [0.25, 0.3) is 5.91 Å². The van der Waals surface area contributed by atoms with Crippen molar-refractivity contribution in [3.63, 3.8) is 0 Å². The molecule has 2 rings (SSSR count).